The first-order valence-electron chi connectivity index (χ1n) is 7.33. The highest BCUT2D eigenvalue weighted by atomic mass is 35.5. The Morgan fingerprint density at radius 1 is 1.00 bits per heavy atom. The molecular weight excluding hydrogens is 327 g/mol. The molecule has 0 aliphatic carbocycles. The third-order valence-corrected chi connectivity index (χ3v) is 3.84. The van der Waals surface area contributed by atoms with Gasteiger partial charge in [-0.05, 0) is 54.6 Å². The number of fused-ring (bicyclic) bond motifs is 1. The molecule has 24 heavy (non-hydrogen) atoms. The van der Waals surface area contributed by atoms with Crippen molar-refractivity contribution in [2.24, 2.45) is 0 Å². The van der Waals surface area contributed by atoms with Crippen molar-refractivity contribution in [2.75, 3.05) is 5.32 Å². The van der Waals surface area contributed by atoms with E-state index in [0.29, 0.717) is 16.5 Å². The summed E-state index contributed by atoms with van der Waals surface area (Å²) in [5, 5.41) is 9.35. The molecule has 118 valence electrons. The summed E-state index contributed by atoms with van der Waals surface area (Å²) in [5.74, 6) is 0.366. The molecule has 0 amide bonds. The van der Waals surface area contributed by atoms with E-state index < -0.39 is 0 Å². The number of hydrogen-bond acceptors (Lipinski definition) is 3. The Kier molecular flexibility index (Phi) is 3.63. The molecule has 0 spiro atoms. The maximum absolute atomic E-state index is 13.2. The van der Waals surface area contributed by atoms with Gasteiger partial charge in [0.15, 0.2) is 11.5 Å². The van der Waals surface area contributed by atoms with Crippen molar-refractivity contribution in [1.82, 2.24) is 14.8 Å². The van der Waals surface area contributed by atoms with Gasteiger partial charge in [0.25, 0.3) is 0 Å². The molecule has 2 heterocycles. The van der Waals surface area contributed by atoms with Crippen LogP contribution in [0, 0.1) is 5.82 Å². The predicted molar refractivity (Wildman–Crippen MR) is 93.6 cm³/mol. The molecule has 0 unspecified atom stereocenters. The summed E-state index contributed by atoms with van der Waals surface area (Å²) in [5.41, 5.74) is 2.25. The summed E-state index contributed by atoms with van der Waals surface area (Å²) < 4.78 is 14.9. The molecule has 0 saturated carbocycles. The van der Waals surface area contributed by atoms with Gasteiger partial charge >= 0.3 is 0 Å². The number of benzene rings is 2. The third-order valence-electron chi connectivity index (χ3n) is 3.60. The second-order valence-corrected chi connectivity index (χ2v) is 5.68. The number of pyridine rings is 1. The van der Waals surface area contributed by atoms with Gasteiger partial charge in [0, 0.05) is 16.9 Å². The number of nitrogens with zero attached hydrogens (tertiary/aromatic N) is 3. The maximum atomic E-state index is 13.2. The van der Waals surface area contributed by atoms with E-state index in [4.69, 9.17) is 11.6 Å². The average molecular weight is 339 g/mol. The Labute approximate surface area is 142 Å². The van der Waals surface area contributed by atoms with Crippen LogP contribution >= 0.6 is 11.6 Å². The van der Waals surface area contributed by atoms with Crippen molar-refractivity contribution in [3.8, 4) is 5.69 Å². The molecular formula is C18H12ClFN4. The number of hydrogen-bond donors (Lipinski definition) is 1. The fraction of sp³-hybridized carbons (Fsp3) is 0. The number of rotatable bonds is 3. The van der Waals surface area contributed by atoms with Crippen LogP contribution in [0.15, 0.2) is 66.9 Å². The van der Waals surface area contributed by atoms with E-state index in [2.05, 4.69) is 15.4 Å². The minimum atomic E-state index is -0.291. The van der Waals surface area contributed by atoms with Crippen molar-refractivity contribution in [3.63, 3.8) is 0 Å². The van der Waals surface area contributed by atoms with Gasteiger partial charge in [-0.2, -0.15) is 0 Å². The quantitative estimate of drug-likeness (QED) is 0.574. The zero-order valence-electron chi connectivity index (χ0n) is 12.4. The van der Waals surface area contributed by atoms with Crippen LogP contribution in [-0.2, 0) is 0 Å². The van der Waals surface area contributed by atoms with Gasteiger partial charge in [-0.15, -0.1) is 5.10 Å². The Balaban J connectivity index is 1.83. The van der Waals surface area contributed by atoms with E-state index >= 15 is 0 Å². The van der Waals surface area contributed by atoms with Crippen molar-refractivity contribution in [1.29, 1.82) is 0 Å². The SMILES string of the molecule is Fc1ccc(-n2nc(Nc3cccc(Cl)c3)c3cccnc32)cc1. The Morgan fingerprint density at radius 3 is 2.62 bits per heavy atom. The van der Waals surface area contributed by atoms with Crippen LogP contribution in [0.25, 0.3) is 16.7 Å². The molecule has 4 aromatic rings. The summed E-state index contributed by atoms with van der Waals surface area (Å²) >= 11 is 6.03. The van der Waals surface area contributed by atoms with Crippen molar-refractivity contribution in [2.45, 2.75) is 0 Å². The molecule has 1 N–H and O–H groups in total. The smallest absolute Gasteiger partial charge is 0.165 e. The van der Waals surface area contributed by atoms with Crippen LogP contribution in [0.4, 0.5) is 15.9 Å². The molecule has 0 bridgehead atoms. The molecule has 0 aliphatic rings. The number of halogens is 2. The Bertz CT molecular complexity index is 1010. The van der Waals surface area contributed by atoms with Gasteiger partial charge in [-0.1, -0.05) is 17.7 Å². The van der Waals surface area contributed by atoms with E-state index in [1.165, 1.54) is 12.1 Å². The standard InChI is InChI=1S/C18H12ClFN4/c19-12-3-1-4-14(11-12)22-17-16-5-2-10-21-18(16)24(23-17)15-8-6-13(20)7-9-15/h1-11H,(H,22,23). The third kappa shape index (κ3) is 2.70. The van der Waals surface area contributed by atoms with E-state index in [-0.39, 0.29) is 5.82 Å². The lowest BCUT2D eigenvalue weighted by Crippen LogP contribution is -1.98. The van der Waals surface area contributed by atoms with E-state index in [9.17, 15) is 4.39 Å². The summed E-state index contributed by atoms with van der Waals surface area (Å²) in [7, 11) is 0. The molecule has 0 radical (unpaired) electrons. The van der Waals surface area contributed by atoms with Crippen LogP contribution in [-0.4, -0.2) is 14.8 Å². The molecule has 4 nitrogen and oxygen atoms in total. The number of aromatic nitrogens is 3. The first-order valence-corrected chi connectivity index (χ1v) is 7.71. The monoisotopic (exact) mass is 338 g/mol. The highest BCUT2D eigenvalue weighted by Crippen LogP contribution is 2.27. The van der Waals surface area contributed by atoms with Gasteiger partial charge < -0.3 is 5.32 Å². The van der Waals surface area contributed by atoms with Crippen LogP contribution < -0.4 is 5.32 Å². The van der Waals surface area contributed by atoms with Gasteiger partial charge in [0.2, 0.25) is 0 Å². The van der Waals surface area contributed by atoms with Crippen molar-refractivity contribution < 1.29 is 4.39 Å². The van der Waals surface area contributed by atoms with Crippen LogP contribution in [0.3, 0.4) is 0 Å². The predicted octanol–water partition coefficient (Wildman–Crippen LogP) is 4.96. The fourth-order valence-electron chi connectivity index (χ4n) is 2.51. The summed E-state index contributed by atoms with van der Waals surface area (Å²) in [6.45, 7) is 0. The second-order valence-electron chi connectivity index (χ2n) is 5.25. The van der Waals surface area contributed by atoms with Gasteiger partial charge in [-0.25, -0.2) is 14.1 Å². The molecule has 2 aromatic heterocycles. The number of anilines is 2. The fourth-order valence-corrected chi connectivity index (χ4v) is 2.70. The molecule has 0 saturated heterocycles. The number of nitrogens with one attached hydrogen (secondary N) is 1. The average Bonchev–Trinajstić information content (AvgIpc) is 2.95. The van der Waals surface area contributed by atoms with E-state index in [1.54, 1.807) is 23.0 Å². The van der Waals surface area contributed by atoms with E-state index in [0.717, 1.165) is 16.8 Å². The zero-order chi connectivity index (χ0) is 16.5. The summed E-state index contributed by atoms with van der Waals surface area (Å²) in [4.78, 5) is 4.40. The summed E-state index contributed by atoms with van der Waals surface area (Å²) in [6.07, 6.45) is 1.70. The van der Waals surface area contributed by atoms with Crippen LogP contribution in [0.5, 0.6) is 0 Å². The lowest BCUT2D eigenvalue weighted by Gasteiger charge is -2.04. The highest BCUT2D eigenvalue weighted by Gasteiger charge is 2.13. The topological polar surface area (TPSA) is 42.7 Å². The maximum Gasteiger partial charge on any atom is 0.165 e. The minimum absolute atomic E-state index is 0.291. The van der Waals surface area contributed by atoms with E-state index in [1.807, 2.05) is 36.4 Å². The molecule has 4 rings (SSSR count). The lowest BCUT2D eigenvalue weighted by atomic mass is 10.3. The van der Waals surface area contributed by atoms with Crippen molar-refractivity contribution in [3.05, 3.63) is 77.7 Å². The van der Waals surface area contributed by atoms with Crippen molar-refractivity contribution >= 4 is 34.1 Å². The first-order chi connectivity index (χ1) is 11.7. The Morgan fingerprint density at radius 2 is 1.83 bits per heavy atom. The molecule has 6 heteroatoms. The lowest BCUT2D eigenvalue weighted by molar-refractivity contribution is 0.627. The molecule has 2 aromatic carbocycles. The second kappa shape index (κ2) is 5.94. The van der Waals surface area contributed by atoms with Crippen LogP contribution in [0.1, 0.15) is 0 Å². The minimum Gasteiger partial charge on any atom is -0.338 e. The molecule has 0 fully saturated rings. The normalized spacial score (nSPS) is 10.9. The molecule has 0 atom stereocenters. The van der Waals surface area contributed by atoms with Crippen LogP contribution in [0.2, 0.25) is 5.02 Å². The highest BCUT2D eigenvalue weighted by molar-refractivity contribution is 6.30. The largest absolute Gasteiger partial charge is 0.338 e. The summed E-state index contributed by atoms with van der Waals surface area (Å²) in [6, 6.07) is 17.3. The Hall–Kier alpha value is -2.92. The molecule has 0 aliphatic heterocycles. The van der Waals surface area contributed by atoms with Gasteiger partial charge in [0.05, 0.1) is 11.1 Å². The zero-order valence-corrected chi connectivity index (χ0v) is 13.2. The van der Waals surface area contributed by atoms with Gasteiger partial charge in [0.1, 0.15) is 5.82 Å². The van der Waals surface area contributed by atoms with Gasteiger partial charge in [-0.3, -0.25) is 0 Å². The first kappa shape index (κ1) is 14.7.